The standard InChI is InChI=1S/C22H22FN3O5S2/c1-3-25-33(30,31)16-9-8-14(2)17(13-16)20(27)24-10-11-26-21(28)19(32-22(26)29)12-15-6-4-5-7-18(15)23/h4-9,12-13,25H,3,10-11H2,1-2H3,(H,24,27)/b19-12-. The van der Waals surface area contributed by atoms with Gasteiger partial charge in [-0.1, -0.05) is 31.2 Å². The topological polar surface area (TPSA) is 113 Å². The Morgan fingerprint density at radius 3 is 2.61 bits per heavy atom. The number of nitrogens with zero attached hydrogens (tertiary/aromatic N) is 1. The first-order chi connectivity index (χ1) is 15.6. The van der Waals surface area contributed by atoms with Crippen LogP contribution in [0.1, 0.15) is 28.4 Å². The Balaban J connectivity index is 1.66. The van der Waals surface area contributed by atoms with Gasteiger partial charge < -0.3 is 5.32 Å². The van der Waals surface area contributed by atoms with E-state index in [0.717, 1.165) is 4.90 Å². The number of hydrogen-bond acceptors (Lipinski definition) is 6. The minimum Gasteiger partial charge on any atom is -0.350 e. The van der Waals surface area contributed by atoms with Gasteiger partial charge in [0.15, 0.2) is 0 Å². The molecular formula is C22H22FN3O5S2. The van der Waals surface area contributed by atoms with Gasteiger partial charge in [-0.15, -0.1) is 0 Å². The maximum absolute atomic E-state index is 13.8. The third-order valence-electron chi connectivity index (χ3n) is 4.78. The minimum absolute atomic E-state index is 0.0342. The van der Waals surface area contributed by atoms with E-state index < -0.39 is 32.9 Å². The SMILES string of the molecule is CCNS(=O)(=O)c1ccc(C)c(C(=O)NCCN2C(=O)S/C(=C\c3ccccc3F)C2=O)c1. The maximum atomic E-state index is 13.8. The van der Waals surface area contributed by atoms with Crippen LogP contribution in [-0.4, -0.2) is 50.0 Å². The molecule has 8 nitrogen and oxygen atoms in total. The zero-order chi connectivity index (χ0) is 24.2. The highest BCUT2D eigenvalue weighted by Gasteiger charge is 2.34. The van der Waals surface area contributed by atoms with Crippen molar-refractivity contribution in [1.82, 2.24) is 14.9 Å². The summed E-state index contributed by atoms with van der Waals surface area (Å²) in [4.78, 5) is 38.4. The van der Waals surface area contributed by atoms with Crippen LogP contribution in [0.2, 0.25) is 0 Å². The molecule has 0 spiro atoms. The summed E-state index contributed by atoms with van der Waals surface area (Å²) in [6.45, 7) is 3.41. The van der Waals surface area contributed by atoms with E-state index >= 15 is 0 Å². The van der Waals surface area contributed by atoms with Crippen LogP contribution in [0.3, 0.4) is 0 Å². The van der Waals surface area contributed by atoms with Crippen LogP contribution >= 0.6 is 11.8 Å². The van der Waals surface area contributed by atoms with Crippen molar-refractivity contribution >= 4 is 44.9 Å². The number of carbonyl (C=O) groups excluding carboxylic acids is 3. The van der Waals surface area contributed by atoms with Crippen molar-refractivity contribution in [2.45, 2.75) is 18.7 Å². The highest BCUT2D eigenvalue weighted by atomic mass is 32.2. The van der Waals surface area contributed by atoms with Crippen LogP contribution in [0.15, 0.2) is 52.3 Å². The fraction of sp³-hybridized carbons (Fsp3) is 0.227. The molecule has 0 saturated carbocycles. The van der Waals surface area contributed by atoms with Gasteiger partial charge in [-0.3, -0.25) is 19.3 Å². The number of hydrogen-bond donors (Lipinski definition) is 2. The van der Waals surface area contributed by atoms with Crippen LogP contribution in [0, 0.1) is 12.7 Å². The van der Waals surface area contributed by atoms with Gasteiger partial charge in [-0.25, -0.2) is 17.5 Å². The van der Waals surface area contributed by atoms with Gasteiger partial charge in [0.25, 0.3) is 17.1 Å². The smallest absolute Gasteiger partial charge is 0.293 e. The lowest BCUT2D eigenvalue weighted by molar-refractivity contribution is -0.122. The van der Waals surface area contributed by atoms with Crippen LogP contribution in [0.5, 0.6) is 0 Å². The Labute approximate surface area is 195 Å². The number of aryl methyl sites for hydroxylation is 1. The molecule has 0 radical (unpaired) electrons. The van der Waals surface area contributed by atoms with E-state index in [1.165, 1.54) is 42.5 Å². The van der Waals surface area contributed by atoms with E-state index in [0.29, 0.717) is 17.3 Å². The number of nitrogens with one attached hydrogen (secondary N) is 2. The number of sulfonamides is 1. The summed E-state index contributed by atoms with van der Waals surface area (Å²) >= 11 is 0.698. The van der Waals surface area contributed by atoms with Gasteiger partial charge in [0.05, 0.1) is 9.80 Å². The van der Waals surface area contributed by atoms with E-state index in [2.05, 4.69) is 10.0 Å². The second kappa shape index (κ2) is 10.3. The lowest BCUT2D eigenvalue weighted by Crippen LogP contribution is -2.37. The molecule has 0 unspecified atom stereocenters. The largest absolute Gasteiger partial charge is 0.350 e. The molecule has 1 aliphatic rings. The molecule has 1 fully saturated rings. The van der Waals surface area contributed by atoms with Crippen LogP contribution in [-0.2, 0) is 14.8 Å². The van der Waals surface area contributed by atoms with Gasteiger partial charge in [-0.2, -0.15) is 0 Å². The molecule has 3 amide bonds. The van der Waals surface area contributed by atoms with E-state index in [1.54, 1.807) is 19.9 Å². The number of halogens is 1. The molecule has 3 rings (SSSR count). The highest BCUT2D eigenvalue weighted by molar-refractivity contribution is 8.18. The predicted molar refractivity (Wildman–Crippen MR) is 123 cm³/mol. The number of carbonyl (C=O) groups is 3. The van der Waals surface area contributed by atoms with Crippen molar-refractivity contribution in [2.75, 3.05) is 19.6 Å². The van der Waals surface area contributed by atoms with Crippen molar-refractivity contribution in [1.29, 1.82) is 0 Å². The van der Waals surface area contributed by atoms with Crippen molar-refractivity contribution in [3.8, 4) is 0 Å². The zero-order valence-corrected chi connectivity index (χ0v) is 19.6. The zero-order valence-electron chi connectivity index (χ0n) is 17.9. The summed E-state index contributed by atoms with van der Waals surface area (Å²) < 4.78 is 40.6. The fourth-order valence-electron chi connectivity index (χ4n) is 3.09. The Morgan fingerprint density at radius 1 is 1.18 bits per heavy atom. The Morgan fingerprint density at radius 2 is 1.91 bits per heavy atom. The third-order valence-corrected chi connectivity index (χ3v) is 7.24. The Bertz CT molecular complexity index is 1240. The molecule has 0 bridgehead atoms. The summed E-state index contributed by atoms with van der Waals surface area (Å²) in [5.41, 5.74) is 0.934. The molecule has 33 heavy (non-hydrogen) atoms. The molecular weight excluding hydrogens is 469 g/mol. The van der Waals surface area contributed by atoms with E-state index in [1.807, 2.05) is 0 Å². The number of imide groups is 1. The lowest BCUT2D eigenvalue weighted by Gasteiger charge is -2.14. The summed E-state index contributed by atoms with van der Waals surface area (Å²) in [6, 6.07) is 10.1. The van der Waals surface area contributed by atoms with E-state index in [9.17, 15) is 27.2 Å². The molecule has 0 aliphatic carbocycles. The fourth-order valence-corrected chi connectivity index (χ4v) is 5.01. The molecule has 1 saturated heterocycles. The summed E-state index contributed by atoms with van der Waals surface area (Å²) in [5.74, 6) is -1.61. The van der Waals surface area contributed by atoms with Gasteiger partial charge in [0.1, 0.15) is 5.82 Å². The maximum Gasteiger partial charge on any atom is 0.293 e. The molecule has 174 valence electrons. The molecule has 0 aromatic heterocycles. The summed E-state index contributed by atoms with van der Waals surface area (Å²) in [6.07, 6.45) is 1.32. The van der Waals surface area contributed by atoms with E-state index in [4.69, 9.17) is 0 Å². The Kier molecular flexibility index (Phi) is 7.67. The first kappa shape index (κ1) is 24.6. The molecule has 0 atom stereocenters. The average molecular weight is 492 g/mol. The molecule has 1 aliphatic heterocycles. The molecule has 11 heteroatoms. The molecule has 2 aromatic rings. The Hall–Kier alpha value is -3.02. The lowest BCUT2D eigenvalue weighted by atomic mass is 10.1. The highest BCUT2D eigenvalue weighted by Crippen LogP contribution is 2.32. The monoisotopic (exact) mass is 491 g/mol. The van der Waals surface area contributed by atoms with Gasteiger partial charge in [-0.05, 0) is 48.5 Å². The minimum atomic E-state index is -3.73. The van der Waals surface area contributed by atoms with E-state index in [-0.39, 0.29) is 40.6 Å². The van der Waals surface area contributed by atoms with Crippen LogP contribution < -0.4 is 10.0 Å². The number of rotatable bonds is 8. The first-order valence-electron chi connectivity index (χ1n) is 10.0. The summed E-state index contributed by atoms with van der Waals surface area (Å²) in [5, 5.41) is 2.08. The number of amides is 3. The predicted octanol–water partition coefficient (Wildman–Crippen LogP) is 2.90. The van der Waals surface area contributed by atoms with Gasteiger partial charge in [0.2, 0.25) is 10.0 Å². The second-order valence-electron chi connectivity index (χ2n) is 7.09. The van der Waals surface area contributed by atoms with Gasteiger partial charge in [0, 0.05) is 30.8 Å². The quantitative estimate of drug-likeness (QED) is 0.549. The van der Waals surface area contributed by atoms with Crippen LogP contribution in [0.25, 0.3) is 6.08 Å². The molecule has 2 N–H and O–H groups in total. The summed E-state index contributed by atoms with van der Waals surface area (Å²) in [7, 11) is -3.73. The van der Waals surface area contributed by atoms with Gasteiger partial charge >= 0.3 is 0 Å². The molecule has 1 heterocycles. The van der Waals surface area contributed by atoms with Crippen molar-refractivity contribution in [3.63, 3.8) is 0 Å². The van der Waals surface area contributed by atoms with Crippen molar-refractivity contribution < 1.29 is 27.2 Å². The number of thioether (sulfide) groups is 1. The second-order valence-corrected chi connectivity index (χ2v) is 9.85. The van der Waals surface area contributed by atoms with Crippen molar-refractivity contribution in [2.24, 2.45) is 0 Å². The normalized spacial score (nSPS) is 15.4. The van der Waals surface area contributed by atoms with Crippen molar-refractivity contribution in [3.05, 3.63) is 69.9 Å². The first-order valence-corrected chi connectivity index (χ1v) is 12.3. The third kappa shape index (κ3) is 5.67. The molecule has 2 aromatic carbocycles. The number of benzene rings is 2. The average Bonchev–Trinajstić information content (AvgIpc) is 3.02. The van der Waals surface area contributed by atoms with Crippen LogP contribution in [0.4, 0.5) is 9.18 Å².